The van der Waals surface area contributed by atoms with Crippen molar-refractivity contribution in [2.45, 2.75) is 45.6 Å². The van der Waals surface area contributed by atoms with Gasteiger partial charge in [-0.25, -0.2) is 0 Å². The molecule has 0 heterocycles. The zero-order valence-electron chi connectivity index (χ0n) is 7.26. The van der Waals surface area contributed by atoms with Gasteiger partial charge in [-0.2, -0.15) is 0 Å². The fraction of sp³-hybridized carbons (Fsp3) is 0.889. The Balaban J connectivity index is 2.72. The van der Waals surface area contributed by atoms with Gasteiger partial charge in [0.1, 0.15) is 5.78 Å². The van der Waals surface area contributed by atoms with Crippen LogP contribution in [0.2, 0.25) is 0 Å². The van der Waals surface area contributed by atoms with Crippen molar-refractivity contribution in [2.75, 3.05) is 0 Å². The van der Waals surface area contributed by atoms with Crippen LogP contribution in [-0.4, -0.2) is 17.0 Å². The highest BCUT2D eigenvalue weighted by atomic mass is 16.3. The summed E-state index contributed by atoms with van der Waals surface area (Å²) in [6, 6.07) is 0. The third-order valence-electron chi connectivity index (χ3n) is 2.96. The molecule has 0 radical (unpaired) electrons. The van der Waals surface area contributed by atoms with Gasteiger partial charge in [0, 0.05) is 0 Å². The van der Waals surface area contributed by atoms with Gasteiger partial charge < -0.3 is 5.11 Å². The lowest BCUT2D eigenvalue weighted by atomic mass is 9.71. The van der Waals surface area contributed by atoms with Gasteiger partial charge >= 0.3 is 0 Å². The predicted molar refractivity (Wildman–Crippen MR) is 43.3 cm³/mol. The van der Waals surface area contributed by atoms with Gasteiger partial charge in [-0.05, 0) is 19.8 Å². The van der Waals surface area contributed by atoms with Gasteiger partial charge in [0.05, 0.1) is 11.5 Å². The van der Waals surface area contributed by atoms with Crippen LogP contribution in [-0.2, 0) is 4.79 Å². The summed E-state index contributed by atoms with van der Waals surface area (Å²) >= 11 is 0. The van der Waals surface area contributed by atoms with Crippen LogP contribution in [0.25, 0.3) is 0 Å². The number of aliphatic hydroxyl groups is 1. The number of Topliss-reactive ketones (excluding diaryl/α,β-unsaturated/α-hetero) is 1. The molecule has 0 aromatic rings. The second-order valence-corrected chi connectivity index (χ2v) is 3.74. The first-order chi connectivity index (χ1) is 5.07. The zero-order chi connectivity index (χ0) is 8.48. The Morgan fingerprint density at radius 2 is 2.18 bits per heavy atom. The van der Waals surface area contributed by atoms with E-state index in [1.165, 1.54) is 0 Å². The van der Waals surface area contributed by atoms with Crippen molar-refractivity contribution >= 4 is 5.78 Å². The van der Waals surface area contributed by atoms with Crippen LogP contribution in [0.3, 0.4) is 0 Å². The van der Waals surface area contributed by atoms with Crippen molar-refractivity contribution in [1.82, 2.24) is 0 Å². The lowest BCUT2D eigenvalue weighted by Gasteiger charge is -2.35. The van der Waals surface area contributed by atoms with Crippen molar-refractivity contribution in [3.63, 3.8) is 0 Å². The summed E-state index contributed by atoms with van der Waals surface area (Å²) in [6.45, 7) is 3.45. The summed E-state index contributed by atoms with van der Waals surface area (Å²) in [7, 11) is 0. The maximum atomic E-state index is 11.2. The van der Waals surface area contributed by atoms with Crippen LogP contribution in [0, 0.1) is 5.41 Å². The third-order valence-corrected chi connectivity index (χ3v) is 2.96. The molecule has 64 valence electrons. The molecule has 0 aromatic heterocycles. The molecule has 1 aliphatic rings. The van der Waals surface area contributed by atoms with Gasteiger partial charge in [0.2, 0.25) is 0 Å². The lowest BCUT2D eigenvalue weighted by Crippen LogP contribution is -2.41. The summed E-state index contributed by atoms with van der Waals surface area (Å²) in [5.74, 6) is 0.129. The molecule has 2 atom stereocenters. The van der Waals surface area contributed by atoms with E-state index >= 15 is 0 Å². The van der Waals surface area contributed by atoms with Crippen LogP contribution in [0.15, 0.2) is 0 Å². The number of hydrogen-bond acceptors (Lipinski definition) is 2. The minimum absolute atomic E-state index is 0.129. The molecule has 1 N–H and O–H groups in total. The van der Waals surface area contributed by atoms with Crippen LogP contribution in [0.1, 0.15) is 39.5 Å². The number of ketones is 1. The van der Waals surface area contributed by atoms with Crippen molar-refractivity contribution in [3.8, 4) is 0 Å². The first-order valence-corrected chi connectivity index (χ1v) is 4.26. The quantitative estimate of drug-likeness (QED) is 0.625. The molecule has 0 aliphatic heterocycles. The van der Waals surface area contributed by atoms with E-state index in [1.54, 1.807) is 6.92 Å². The molecule has 0 spiro atoms. The third kappa shape index (κ3) is 1.45. The molecule has 11 heavy (non-hydrogen) atoms. The second kappa shape index (κ2) is 2.94. The summed E-state index contributed by atoms with van der Waals surface area (Å²) in [5.41, 5.74) is -0.446. The van der Waals surface area contributed by atoms with Crippen LogP contribution >= 0.6 is 0 Å². The average molecular weight is 156 g/mol. The van der Waals surface area contributed by atoms with Gasteiger partial charge in [0.25, 0.3) is 0 Å². The van der Waals surface area contributed by atoms with E-state index in [0.29, 0.717) is 0 Å². The van der Waals surface area contributed by atoms with Crippen molar-refractivity contribution in [3.05, 3.63) is 0 Å². The highest BCUT2D eigenvalue weighted by Gasteiger charge is 2.39. The predicted octanol–water partition coefficient (Wildman–Crippen LogP) is 1.52. The fourth-order valence-electron chi connectivity index (χ4n) is 1.73. The van der Waals surface area contributed by atoms with Gasteiger partial charge in [-0.3, -0.25) is 4.79 Å². The highest BCUT2D eigenvalue weighted by Crippen LogP contribution is 2.36. The fourth-order valence-corrected chi connectivity index (χ4v) is 1.73. The van der Waals surface area contributed by atoms with Crippen molar-refractivity contribution in [2.24, 2.45) is 5.41 Å². The monoisotopic (exact) mass is 156 g/mol. The minimum atomic E-state index is -0.446. The molecular formula is C9H16O2. The van der Waals surface area contributed by atoms with Crippen LogP contribution in [0.5, 0.6) is 0 Å². The molecule has 2 heteroatoms. The van der Waals surface area contributed by atoms with Gasteiger partial charge in [0.15, 0.2) is 0 Å². The van der Waals surface area contributed by atoms with Crippen LogP contribution in [0.4, 0.5) is 0 Å². The number of carbonyl (C=O) groups is 1. The number of aliphatic hydroxyl groups excluding tert-OH is 1. The maximum Gasteiger partial charge on any atom is 0.138 e. The van der Waals surface area contributed by atoms with E-state index in [4.69, 9.17) is 0 Å². The molecule has 1 aliphatic carbocycles. The summed E-state index contributed by atoms with van der Waals surface area (Å²) in [6.07, 6.45) is 3.37. The van der Waals surface area contributed by atoms with E-state index in [9.17, 15) is 9.90 Å². The topological polar surface area (TPSA) is 37.3 Å². The molecule has 0 bridgehead atoms. The Hall–Kier alpha value is -0.370. The Kier molecular flexibility index (Phi) is 2.33. The van der Waals surface area contributed by atoms with Gasteiger partial charge in [-0.15, -0.1) is 0 Å². The Labute approximate surface area is 67.6 Å². The molecule has 1 rings (SSSR count). The number of carbonyl (C=O) groups excluding carboxylic acids is 1. The molecular weight excluding hydrogens is 140 g/mol. The molecule has 2 nitrogen and oxygen atoms in total. The van der Waals surface area contributed by atoms with Crippen molar-refractivity contribution in [1.29, 1.82) is 0 Å². The summed E-state index contributed by atoms with van der Waals surface area (Å²) in [5, 5.41) is 9.58. The standard InChI is InChI=1S/C9H16O2/c1-7(10)9(2)6-4-3-5-8(9)11/h8,11H,3-6H2,1-2H3. The number of rotatable bonds is 1. The van der Waals surface area contributed by atoms with Crippen LogP contribution < -0.4 is 0 Å². The molecule has 0 aromatic carbocycles. The first kappa shape index (κ1) is 8.72. The Morgan fingerprint density at radius 1 is 1.55 bits per heavy atom. The van der Waals surface area contributed by atoms with E-state index in [2.05, 4.69) is 0 Å². The molecule has 2 unspecified atom stereocenters. The van der Waals surface area contributed by atoms with E-state index in [1.807, 2.05) is 6.92 Å². The molecule has 0 amide bonds. The van der Waals surface area contributed by atoms with E-state index < -0.39 is 11.5 Å². The second-order valence-electron chi connectivity index (χ2n) is 3.74. The highest BCUT2D eigenvalue weighted by molar-refractivity contribution is 5.82. The average Bonchev–Trinajstić information content (AvgIpc) is 1.95. The normalized spacial score (nSPS) is 38.6. The summed E-state index contributed by atoms with van der Waals surface area (Å²) in [4.78, 5) is 11.2. The summed E-state index contributed by atoms with van der Waals surface area (Å²) < 4.78 is 0. The Morgan fingerprint density at radius 3 is 2.55 bits per heavy atom. The van der Waals surface area contributed by atoms with Gasteiger partial charge in [-0.1, -0.05) is 19.8 Å². The molecule has 1 saturated carbocycles. The molecule has 1 fully saturated rings. The smallest absolute Gasteiger partial charge is 0.138 e. The lowest BCUT2D eigenvalue weighted by molar-refractivity contribution is -0.134. The largest absolute Gasteiger partial charge is 0.392 e. The van der Waals surface area contributed by atoms with Crippen molar-refractivity contribution < 1.29 is 9.90 Å². The first-order valence-electron chi connectivity index (χ1n) is 4.26. The Bertz CT molecular complexity index is 165. The number of hydrogen-bond donors (Lipinski definition) is 1. The minimum Gasteiger partial charge on any atom is -0.392 e. The SMILES string of the molecule is CC(=O)C1(C)CCCCC1O. The maximum absolute atomic E-state index is 11.2. The molecule has 0 saturated heterocycles. The zero-order valence-corrected chi connectivity index (χ0v) is 7.26. The van der Waals surface area contributed by atoms with E-state index in [-0.39, 0.29) is 5.78 Å². The van der Waals surface area contributed by atoms with E-state index in [0.717, 1.165) is 25.7 Å².